The van der Waals surface area contributed by atoms with Crippen LogP contribution in [-0.2, 0) is 4.79 Å². The highest BCUT2D eigenvalue weighted by molar-refractivity contribution is 5.93. The first-order valence-corrected chi connectivity index (χ1v) is 6.40. The van der Waals surface area contributed by atoms with E-state index in [9.17, 15) is 4.79 Å². The molecule has 1 amide bonds. The Balaban J connectivity index is 1.91. The Morgan fingerprint density at radius 1 is 1.19 bits per heavy atom. The highest BCUT2D eigenvalue weighted by atomic mass is 16.5. The number of nitriles is 1. The third-order valence-electron chi connectivity index (χ3n) is 2.86. The zero-order chi connectivity index (χ0) is 15.1. The van der Waals surface area contributed by atoms with Crippen molar-refractivity contribution in [1.29, 1.82) is 5.26 Å². The van der Waals surface area contributed by atoms with Gasteiger partial charge in [0.05, 0.1) is 24.9 Å². The second-order valence-corrected chi connectivity index (χ2v) is 4.29. The van der Waals surface area contributed by atoms with E-state index in [-0.39, 0.29) is 12.5 Å². The Hall–Kier alpha value is -3.00. The molecule has 0 saturated heterocycles. The molecule has 0 radical (unpaired) electrons. The molecule has 5 heteroatoms. The maximum Gasteiger partial charge on any atom is 0.243 e. The zero-order valence-electron chi connectivity index (χ0n) is 11.6. The summed E-state index contributed by atoms with van der Waals surface area (Å²) in [5.41, 5.74) is 1.84. The van der Waals surface area contributed by atoms with Gasteiger partial charge in [0.25, 0.3) is 0 Å². The van der Waals surface area contributed by atoms with Crippen LogP contribution in [0.4, 0.5) is 11.4 Å². The lowest BCUT2D eigenvalue weighted by Gasteiger charge is -2.09. The fourth-order valence-corrected chi connectivity index (χ4v) is 1.79. The van der Waals surface area contributed by atoms with Crippen molar-refractivity contribution in [1.82, 2.24) is 0 Å². The molecule has 0 unspecified atom stereocenters. The number of carbonyl (C=O) groups excluding carboxylic acids is 1. The summed E-state index contributed by atoms with van der Waals surface area (Å²) in [7, 11) is 1.59. The van der Waals surface area contributed by atoms with Crippen LogP contribution in [0, 0.1) is 11.3 Å². The second kappa shape index (κ2) is 6.96. The van der Waals surface area contributed by atoms with Gasteiger partial charge in [-0.15, -0.1) is 0 Å². The smallest absolute Gasteiger partial charge is 0.243 e. The Kier molecular flexibility index (Phi) is 4.78. The van der Waals surface area contributed by atoms with Gasteiger partial charge in [-0.3, -0.25) is 4.79 Å². The lowest BCUT2D eigenvalue weighted by atomic mass is 10.2. The van der Waals surface area contributed by atoms with Gasteiger partial charge in [0.2, 0.25) is 5.91 Å². The molecule has 0 aromatic heterocycles. The molecule has 2 rings (SSSR count). The molecule has 0 spiro atoms. The normalized spacial score (nSPS) is 9.52. The number of benzene rings is 2. The molecule has 0 fully saturated rings. The highest BCUT2D eigenvalue weighted by Crippen LogP contribution is 2.15. The number of para-hydroxylation sites is 1. The molecule has 2 aromatic carbocycles. The van der Waals surface area contributed by atoms with E-state index in [0.29, 0.717) is 16.9 Å². The molecule has 0 aliphatic rings. The number of hydrogen-bond acceptors (Lipinski definition) is 4. The first kappa shape index (κ1) is 14.4. The van der Waals surface area contributed by atoms with Gasteiger partial charge in [0.1, 0.15) is 11.8 Å². The molecule has 106 valence electrons. The molecule has 0 heterocycles. The van der Waals surface area contributed by atoms with Crippen molar-refractivity contribution in [2.45, 2.75) is 0 Å². The minimum atomic E-state index is -0.187. The number of methoxy groups -OCH3 is 1. The second-order valence-electron chi connectivity index (χ2n) is 4.29. The van der Waals surface area contributed by atoms with Crippen molar-refractivity contribution in [2.24, 2.45) is 0 Å². The fourth-order valence-electron chi connectivity index (χ4n) is 1.79. The minimum absolute atomic E-state index is 0.0880. The third kappa shape index (κ3) is 3.98. The van der Waals surface area contributed by atoms with Crippen molar-refractivity contribution in [3.8, 4) is 11.8 Å². The van der Waals surface area contributed by atoms with Crippen LogP contribution in [0.25, 0.3) is 0 Å². The summed E-state index contributed by atoms with van der Waals surface area (Å²) in [6.07, 6.45) is 0. The average Bonchev–Trinajstić information content (AvgIpc) is 2.54. The van der Waals surface area contributed by atoms with E-state index in [0.717, 1.165) is 5.75 Å². The van der Waals surface area contributed by atoms with Crippen LogP contribution in [-0.4, -0.2) is 19.6 Å². The fraction of sp³-hybridized carbons (Fsp3) is 0.125. The highest BCUT2D eigenvalue weighted by Gasteiger charge is 2.05. The van der Waals surface area contributed by atoms with E-state index in [1.54, 1.807) is 49.6 Å². The maximum atomic E-state index is 11.9. The molecular formula is C16H15N3O2. The number of nitrogens with one attached hydrogen (secondary N) is 2. The van der Waals surface area contributed by atoms with E-state index in [4.69, 9.17) is 10.00 Å². The lowest BCUT2D eigenvalue weighted by Crippen LogP contribution is -2.22. The molecule has 5 nitrogen and oxygen atoms in total. The summed E-state index contributed by atoms with van der Waals surface area (Å²) in [5.74, 6) is 0.544. The summed E-state index contributed by atoms with van der Waals surface area (Å²) in [5, 5.41) is 14.7. The van der Waals surface area contributed by atoms with Gasteiger partial charge in [-0.2, -0.15) is 5.26 Å². The molecule has 0 bridgehead atoms. The number of hydrogen-bond donors (Lipinski definition) is 2. The Bertz CT molecular complexity index is 660. The molecule has 2 aromatic rings. The van der Waals surface area contributed by atoms with E-state index >= 15 is 0 Å². The quantitative estimate of drug-likeness (QED) is 0.883. The monoisotopic (exact) mass is 281 g/mol. The maximum absolute atomic E-state index is 11.9. The average molecular weight is 281 g/mol. The number of carbonyl (C=O) groups is 1. The van der Waals surface area contributed by atoms with Crippen LogP contribution < -0.4 is 15.4 Å². The predicted octanol–water partition coefficient (Wildman–Crippen LogP) is 2.62. The first-order valence-electron chi connectivity index (χ1n) is 6.40. The van der Waals surface area contributed by atoms with Gasteiger partial charge in [-0.1, -0.05) is 12.1 Å². The minimum Gasteiger partial charge on any atom is -0.497 e. The summed E-state index contributed by atoms with van der Waals surface area (Å²) in [4.78, 5) is 11.9. The standard InChI is InChI=1S/C16H15N3O2/c1-21-14-8-6-13(7-9-14)19-16(20)11-18-15-5-3-2-4-12(15)10-17/h2-9,18H,11H2,1H3,(H,19,20). The van der Waals surface area contributed by atoms with Gasteiger partial charge < -0.3 is 15.4 Å². The number of ether oxygens (including phenoxy) is 1. The molecule has 0 aliphatic heterocycles. The van der Waals surface area contributed by atoms with Crippen LogP contribution in [0.3, 0.4) is 0 Å². The molecule has 0 saturated carbocycles. The largest absolute Gasteiger partial charge is 0.497 e. The summed E-state index contributed by atoms with van der Waals surface area (Å²) >= 11 is 0. The summed E-state index contributed by atoms with van der Waals surface area (Å²) in [6, 6.07) is 16.2. The van der Waals surface area contributed by atoms with Crippen LogP contribution in [0.1, 0.15) is 5.56 Å². The molecule has 21 heavy (non-hydrogen) atoms. The van der Waals surface area contributed by atoms with Crippen molar-refractivity contribution >= 4 is 17.3 Å². The molecule has 0 aliphatic carbocycles. The lowest BCUT2D eigenvalue weighted by molar-refractivity contribution is -0.114. The summed E-state index contributed by atoms with van der Waals surface area (Å²) in [6.45, 7) is 0.0880. The predicted molar refractivity (Wildman–Crippen MR) is 81.3 cm³/mol. The molecular weight excluding hydrogens is 266 g/mol. The van der Waals surface area contributed by atoms with Gasteiger partial charge in [0, 0.05) is 5.69 Å². The van der Waals surface area contributed by atoms with Gasteiger partial charge >= 0.3 is 0 Å². The number of rotatable bonds is 5. The first-order chi connectivity index (χ1) is 10.2. The van der Waals surface area contributed by atoms with Crippen LogP contribution in [0.5, 0.6) is 5.75 Å². The molecule has 0 atom stereocenters. The molecule has 2 N–H and O–H groups in total. The van der Waals surface area contributed by atoms with Crippen molar-refractivity contribution in [3.63, 3.8) is 0 Å². The number of nitrogens with zero attached hydrogens (tertiary/aromatic N) is 1. The van der Waals surface area contributed by atoms with E-state index in [1.165, 1.54) is 0 Å². The van der Waals surface area contributed by atoms with Gasteiger partial charge in [0.15, 0.2) is 0 Å². The Morgan fingerprint density at radius 3 is 2.57 bits per heavy atom. The van der Waals surface area contributed by atoms with E-state index < -0.39 is 0 Å². The Labute approximate surface area is 123 Å². The van der Waals surface area contributed by atoms with E-state index in [1.807, 2.05) is 6.07 Å². The SMILES string of the molecule is COc1ccc(NC(=O)CNc2ccccc2C#N)cc1. The third-order valence-corrected chi connectivity index (χ3v) is 2.86. The topological polar surface area (TPSA) is 74.2 Å². The van der Waals surface area contributed by atoms with Gasteiger partial charge in [-0.05, 0) is 36.4 Å². The van der Waals surface area contributed by atoms with E-state index in [2.05, 4.69) is 16.7 Å². The number of anilines is 2. The Morgan fingerprint density at radius 2 is 1.90 bits per heavy atom. The van der Waals surface area contributed by atoms with Crippen LogP contribution in [0.2, 0.25) is 0 Å². The number of amides is 1. The zero-order valence-corrected chi connectivity index (χ0v) is 11.6. The van der Waals surface area contributed by atoms with Crippen molar-refractivity contribution in [2.75, 3.05) is 24.3 Å². The van der Waals surface area contributed by atoms with Gasteiger partial charge in [-0.25, -0.2) is 0 Å². The van der Waals surface area contributed by atoms with Crippen LogP contribution in [0.15, 0.2) is 48.5 Å². The van der Waals surface area contributed by atoms with Crippen molar-refractivity contribution in [3.05, 3.63) is 54.1 Å². The van der Waals surface area contributed by atoms with Crippen molar-refractivity contribution < 1.29 is 9.53 Å². The van der Waals surface area contributed by atoms with Crippen LogP contribution >= 0.6 is 0 Å². The summed E-state index contributed by atoms with van der Waals surface area (Å²) < 4.78 is 5.05.